The number of aliphatic hydroxyl groups excluding tert-OH is 3. The van der Waals surface area contributed by atoms with Crippen molar-refractivity contribution in [1.82, 2.24) is 0 Å². The first-order valence-corrected chi connectivity index (χ1v) is 6.52. The monoisotopic (exact) mass is 226 g/mol. The molecule has 3 N–H and O–H groups in total. The Hall–Kier alpha value is -0.120. The van der Waals surface area contributed by atoms with Gasteiger partial charge < -0.3 is 15.3 Å². The van der Waals surface area contributed by atoms with Crippen LogP contribution in [0.3, 0.4) is 0 Å². The molecule has 2 atom stereocenters. The first kappa shape index (κ1) is 11.0. The fourth-order valence-electron chi connectivity index (χ4n) is 5.31. The van der Waals surface area contributed by atoms with Crippen molar-refractivity contribution < 1.29 is 15.3 Å². The van der Waals surface area contributed by atoms with E-state index in [-0.39, 0.29) is 25.2 Å². The van der Waals surface area contributed by atoms with Gasteiger partial charge in [0.25, 0.3) is 0 Å². The van der Waals surface area contributed by atoms with Gasteiger partial charge >= 0.3 is 0 Å². The zero-order valence-electron chi connectivity index (χ0n) is 9.73. The molecule has 0 aliphatic heterocycles. The normalized spacial score (nSPS) is 48.6. The van der Waals surface area contributed by atoms with Crippen LogP contribution < -0.4 is 0 Å². The second kappa shape index (κ2) is 3.44. The third-order valence-electron chi connectivity index (χ3n) is 5.97. The predicted molar refractivity (Wildman–Crippen MR) is 59.7 cm³/mol. The Morgan fingerprint density at radius 1 is 0.812 bits per heavy atom. The van der Waals surface area contributed by atoms with Crippen LogP contribution in [0.15, 0.2) is 0 Å². The van der Waals surface area contributed by atoms with Gasteiger partial charge in [-0.2, -0.15) is 0 Å². The quantitative estimate of drug-likeness (QED) is 0.666. The lowest BCUT2D eigenvalue weighted by Crippen LogP contribution is -2.64. The van der Waals surface area contributed by atoms with Crippen molar-refractivity contribution in [3.63, 3.8) is 0 Å². The number of hydrogen-bond acceptors (Lipinski definition) is 3. The Balaban J connectivity index is 2.04. The van der Waals surface area contributed by atoms with Crippen molar-refractivity contribution >= 4 is 0 Å². The average molecular weight is 226 g/mol. The summed E-state index contributed by atoms with van der Waals surface area (Å²) >= 11 is 0. The van der Waals surface area contributed by atoms with Crippen LogP contribution in [0.5, 0.6) is 0 Å². The summed E-state index contributed by atoms with van der Waals surface area (Å²) in [5.41, 5.74) is -0.597. The van der Waals surface area contributed by atoms with Crippen LogP contribution >= 0.6 is 0 Å². The Labute approximate surface area is 96.5 Å². The summed E-state index contributed by atoms with van der Waals surface area (Å²) in [5.74, 6) is 1.90. The first-order valence-electron chi connectivity index (χ1n) is 6.52. The van der Waals surface area contributed by atoms with Gasteiger partial charge in [0.1, 0.15) is 0 Å². The van der Waals surface area contributed by atoms with Gasteiger partial charge in [-0.05, 0) is 49.9 Å². The maximum atomic E-state index is 9.81. The van der Waals surface area contributed by atoms with Crippen LogP contribution in [-0.4, -0.2) is 35.1 Å². The third-order valence-corrected chi connectivity index (χ3v) is 5.97. The average Bonchev–Trinajstić information content (AvgIpc) is 2.29. The molecule has 4 aliphatic carbocycles. The Bertz CT molecular complexity index is 271. The standard InChI is InChI=1S/C13H22O3/c14-6-12-4-9-1-10(5-12)3-11(2-9)13(12,7-15)8-16/h9-11,14-16H,1-8H2. The van der Waals surface area contributed by atoms with E-state index in [4.69, 9.17) is 0 Å². The fourth-order valence-corrected chi connectivity index (χ4v) is 5.31. The second-order valence-electron chi connectivity index (χ2n) is 6.46. The van der Waals surface area contributed by atoms with Crippen molar-refractivity contribution in [3.05, 3.63) is 0 Å². The lowest BCUT2D eigenvalue weighted by Gasteiger charge is -2.66. The predicted octanol–water partition coefficient (Wildman–Crippen LogP) is 0.776. The van der Waals surface area contributed by atoms with Gasteiger partial charge in [0, 0.05) is 17.4 Å². The summed E-state index contributed by atoms with van der Waals surface area (Å²) in [7, 11) is 0. The van der Waals surface area contributed by atoms with E-state index in [0.717, 1.165) is 37.5 Å². The summed E-state index contributed by atoms with van der Waals surface area (Å²) in [6.07, 6.45) is 5.64. The minimum Gasteiger partial charge on any atom is -0.396 e. The lowest BCUT2D eigenvalue weighted by atomic mass is 9.39. The zero-order valence-corrected chi connectivity index (χ0v) is 9.73. The smallest absolute Gasteiger partial charge is 0.0518 e. The molecule has 0 aromatic rings. The molecule has 4 bridgehead atoms. The van der Waals surface area contributed by atoms with E-state index in [1.54, 1.807) is 0 Å². The highest BCUT2D eigenvalue weighted by Gasteiger charge is 2.64. The van der Waals surface area contributed by atoms with E-state index in [2.05, 4.69) is 0 Å². The Morgan fingerprint density at radius 3 is 1.81 bits per heavy atom. The van der Waals surface area contributed by atoms with Crippen LogP contribution in [0.4, 0.5) is 0 Å². The first-order chi connectivity index (χ1) is 7.69. The zero-order chi connectivity index (χ0) is 11.4. The van der Waals surface area contributed by atoms with Crippen LogP contribution in [0.2, 0.25) is 0 Å². The summed E-state index contributed by atoms with van der Waals surface area (Å²) in [5, 5.41) is 29.4. The third kappa shape index (κ3) is 1.09. The molecule has 2 unspecified atom stereocenters. The Kier molecular flexibility index (Phi) is 2.36. The maximum Gasteiger partial charge on any atom is 0.0518 e. The summed E-state index contributed by atoms with van der Waals surface area (Å²) in [6, 6.07) is 0. The molecule has 4 saturated carbocycles. The minimum absolute atomic E-state index is 0.0359. The van der Waals surface area contributed by atoms with Gasteiger partial charge in [-0.15, -0.1) is 0 Å². The molecule has 0 radical (unpaired) electrons. The van der Waals surface area contributed by atoms with Crippen LogP contribution in [0, 0.1) is 28.6 Å². The van der Waals surface area contributed by atoms with E-state index >= 15 is 0 Å². The van der Waals surface area contributed by atoms with Crippen LogP contribution in [-0.2, 0) is 0 Å². The van der Waals surface area contributed by atoms with E-state index < -0.39 is 5.41 Å². The molecule has 0 heterocycles. The molecule has 3 nitrogen and oxygen atoms in total. The molecule has 4 fully saturated rings. The summed E-state index contributed by atoms with van der Waals surface area (Å²) in [4.78, 5) is 0. The highest BCUT2D eigenvalue weighted by atomic mass is 16.3. The van der Waals surface area contributed by atoms with Gasteiger partial charge in [-0.1, -0.05) is 0 Å². The maximum absolute atomic E-state index is 9.81. The largest absolute Gasteiger partial charge is 0.396 e. The van der Waals surface area contributed by atoms with Gasteiger partial charge in [-0.25, -0.2) is 0 Å². The van der Waals surface area contributed by atoms with E-state index in [9.17, 15) is 15.3 Å². The Morgan fingerprint density at radius 2 is 1.38 bits per heavy atom. The molecule has 4 rings (SSSR count). The summed E-state index contributed by atoms with van der Waals surface area (Å²) in [6.45, 7) is 0.208. The van der Waals surface area contributed by atoms with Crippen molar-refractivity contribution in [1.29, 1.82) is 0 Å². The van der Waals surface area contributed by atoms with Gasteiger partial charge in [0.15, 0.2) is 0 Å². The van der Waals surface area contributed by atoms with E-state index in [1.165, 1.54) is 6.42 Å². The molecule has 0 aromatic heterocycles. The molecule has 0 spiro atoms. The summed E-state index contributed by atoms with van der Waals surface area (Å²) < 4.78 is 0. The SMILES string of the molecule is OCC12CC3CC(CC(C3)C1(CO)CO)C2. The highest BCUT2D eigenvalue weighted by Crippen LogP contribution is 2.67. The van der Waals surface area contributed by atoms with E-state index in [1.807, 2.05) is 0 Å². The van der Waals surface area contributed by atoms with Crippen LogP contribution in [0.1, 0.15) is 32.1 Å². The van der Waals surface area contributed by atoms with Crippen molar-refractivity contribution in [3.8, 4) is 0 Å². The second-order valence-corrected chi connectivity index (χ2v) is 6.46. The number of aliphatic hydroxyl groups is 3. The van der Waals surface area contributed by atoms with Gasteiger partial charge in [0.2, 0.25) is 0 Å². The molecular weight excluding hydrogens is 204 g/mol. The van der Waals surface area contributed by atoms with Crippen LogP contribution in [0.25, 0.3) is 0 Å². The number of hydrogen-bond donors (Lipinski definition) is 3. The molecule has 0 aromatic carbocycles. The molecule has 3 heteroatoms. The molecule has 0 amide bonds. The molecule has 0 saturated heterocycles. The topological polar surface area (TPSA) is 60.7 Å². The molecule has 92 valence electrons. The number of rotatable bonds is 3. The van der Waals surface area contributed by atoms with Crippen molar-refractivity contribution in [2.45, 2.75) is 32.1 Å². The van der Waals surface area contributed by atoms with Crippen molar-refractivity contribution in [2.75, 3.05) is 19.8 Å². The fraction of sp³-hybridized carbons (Fsp3) is 1.00. The van der Waals surface area contributed by atoms with E-state index in [0.29, 0.717) is 5.92 Å². The molecular formula is C13H22O3. The van der Waals surface area contributed by atoms with Gasteiger partial charge in [0.05, 0.1) is 13.2 Å². The van der Waals surface area contributed by atoms with Gasteiger partial charge in [-0.3, -0.25) is 0 Å². The lowest BCUT2D eigenvalue weighted by molar-refractivity contribution is -0.225. The molecule has 16 heavy (non-hydrogen) atoms. The minimum atomic E-state index is -0.408. The highest BCUT2D eigenvalue weighted by molar-refractivity contribution is 5.13. The molecule has 4 aliphatic rings. The van der Waals surface area contributed by atoms with Crippen molar-refractivity contribution in [2.24, 2.45) is 28.6 Å².